The second-order valence-corrected chi connectivity index (χ2v) is 6.44. The first-order chi connectivity index (χ1) is 11.3. The number of hydrogen-bond acceptors (Lipinski definition) is 4. The third-order valence-electron chi connectivity index (χ3n) is 4.00. The predicted molar refractivity (Wildman–Crippen MR) is 88.4 cm³/mol. The lowest BCUT2D eigenvalue weighted by molar-refractivity contribution is 0.0208. The number of aromatic nitrogens is 2. The lowest BCUT2D eigenvalue weighted by Crippen LogP contribution is -2.30. The van der Waals surface area contributed by atoms with Crippen molar-refractivity contribution in [2.75, 3.05) is 12.3 Å². The molecule has 1 N–H and O–H groups in total. The minimum absolute atomic E-state index is 0.102. The summed E-state index contributed by atoms with van der Waals surface area (Å²) in [5, 5.41) is 11.4. The number of aliphatic hydroxyl groups is 1. The number of fused-ring (bicyclic) bond motifs is 2. The molecule has 3 aromatic rings. The zero-order valence-electron chi connectivity index (χ0n) is 12.3. The van der Waals surface area contributed by atoms with Gasteiger partial charge in [-0.2, -0.15) is 0 Å². The Hall–Kier alpha value is -2.31. The van der Waals surface area contributed by atoms with Gasteiger partial charge in [-0.3, -0.25) is 9.20 Å². The highest BCUT2D eigenvalue weighted by Gasteiger charge is 2.34. The Balaban J connectivity index is 1.46. The van der Waals surface area contributed by atoms with Crippen LogP contribution in [-0.2, 0) is 0 Å². The van der Waals surface area contributed by atoms with E-state index in [9.17, 15) is 9.90 Å². The van der Waals surface area contributed by atoms with Gasteiger partial charge in [0.25, 0.3) is 5.91 Å². The molecule has 0 aliphatic carbocycles. The Morgan fingerprint density at radius 3 is 2.91 bits per heavy atom. The Labute approximate surface area is 137 Å². The topological polar surface area (TPSA) is 57.8 Å². The molecule has 0 saturated carbocycles. The van der Waals surface area contributed by atoms with E-state index in [4.69, 9.17) is 0 Å². The molecule has 6 heteroatoms. The number of amides is 1. The molecule has 1 atom stereocenters. The van der Waals surface area contributed by atoms with E-state index in [1.807, 2.05) is 40.9 Å². The second kappa shape index (κ2) is 5.72. The number of pyridine rings is 1. The number of nitrogens with zero attached hydrogens (tertiary/aromatic N) is 3. The number of thioether (sulfide) groups is 1. The summed E-state index contributed by atoms with van der Waals surface area (Å²) in [6.07, 6.45) is 2.84. The number of benzene rings is 1. The van der Waals surface area contributed by atoms with Gasteiger partial charge in [-0.25, -0.2) is 4.98 Å². The molecule has 0 radical (unpaired) electrons. The van der Waals surface area contributed by atoms with Gasteiger partial charge in [0.15, 0.2) is 6.23 Å². The molecule has 2 aromatic heterocycles. The summed E-state index contributed by atoms with van der Waals surface area (Å²) in [5.74, 6) is 0.600. The number of rotatable bonds is 4. The highest BCUT2D eigenvalue weighted by Crippen LogP contribution is 2.31. The molecule has 1 amide bonds. The van der Waals surface area contributed by atoms with E-state index in [0.29, 0.717) is 23.4 Å². The van der Waals surface area contributed by atoms with Gasteiger partial charge >= 0.3 is 0 Å². The smallest absolute Gasteiger partial charge is 0.256 e. The maximum absolute atomic E-state index is 12.4. The molecule has 0 spiro atoms. The molecule has 1 aliphatic heterocycles. The van der Waals surface area contributed by atoms with Crippen LogP contribution in [0.25, 0.3) is 5.65 Å². The fourth-order valence-corrected chi connectivity index (χ4v) is 3.83. The van der Waals surface area contributed by atoms with Crippen LogP contribution < -0.4 is 0 Å². The van der Waals surface area contributed by atoms with Crippen molar-refractivity contribution in [2.24, 2.45) is 0 Å². The first kappa shape index (κ1) is 14.3. The first-order valence-electron chi connectivity index (χ1n) is 7.38. The molecular weight excluding hydrogens is 310 g/mol. The predicted octanol–water partition coefficient (Wildman–Crippen LogP) is 2.57. The molecule has 0 bridgehead atoms. The van der Waals surface area contributed by atoms with Gasteiger partial charge in [0, 0.05) is 35.8 Å². The summed E-state index contributed by atoms with van der Waals surface area (Å²) in [5.41, 5.74) is 2.20. The maximum Gasteiger partial charge on any atom is 0.256 e. The minimum Gasteiger partial charge on any atom is -0.369 e. The zero-order chi connectivity index (χ0) is 15.8. The van der Waals surface area contributed by atoms with Crippen molar-refractivity contribution in [1.29, 1.82) is 0 Å². The van der Waals surface area contributed by atoms with Crippen molar-refractivity contribution < 1.29 is 9.90 Å². The van der Waals surface area contributed by atoms with Gasteiger partial charge < -0.3 is 10.0 Å². The maximum atomic E-state index is 12.4. The fourth-order valence-electron chi connectivity index (χ4n) is 2.86. The van der Waals surface area contributed by atoms with Crippen molar-refractivity contribution in [3.63, 3.8) is 0 Å². The third-order valence-corrected chi connectivity index (χ3v) is 5.01. The monoisotopic (exact) mass is 325 g/mol. The standard InChI is InChI=1S/C17H15N3O2S/c21-16-12-4-1-2-5-13(12)17(22)20(16)10-11-23-15-7-3-6-14-18-8-9-19(14)15/h1-9,16,21H,10-11H2. The summed E-state index contributed by atoms with van der Waals surface area (Å²) < 4.78 is 2.02. The van der Waals surface area contributed by atoms with Crippen LogP contribution in [0.1, 0.15) is 22.1 Å². The second-order valence-electron chi connectivity index (χ2n) is 5.33. The summed E-state index contributed by atoms with van der Waals surface area (Å²) in [7, 11) is 0. The van der Waals surface area contributed by atoms with Gasteiger partial charge in [-0.1, -0.05) is 24.3 Å². The SMILES string of the molecule is O=C1c2ccccc2C(O)N1CCSc1cccc2nccn12. The van der Waals surface area contributed by atoms with Crippen LogP contribution in [-0.4, -0.2) is 37.6 Å². The van der Waals surface area contributed by atoms with E-state index in [-0.39, 0.29) is 5.91 Å². The van der Waals surface area contributed by atoms with Gasteiger partial charge in [0.2, 0.25) is 0 Å². The lowest BCUT2D eigenvalue weighted by atomic mass is 10.1. The van der Waals surface area contributed by atoms with Gasteiger partial charge in [-0.05, 0) is 18.2 Å². The quantitative estimate of drug-likeness (QED) is 0.749. The van der Waals surface area contributed by atoms with Gasteiger partial charge in [0.1, 0.15) is 5.65 Å². The molecule has 0 saturated heterocycles. The normalized spacial score (nSPS) is 17.0. The van der Waals surface area contributed by atoms with Crippen LogP contribution >= 0.6 is 11.8 Å². The molecule has 5 nitrogen and oxygen atoms in total. The lowest BCUT2D eigenvalue weighted by Gasteiger charge is -2.20. The van der Waals surface area contributed by atoms with Crippen molar-refractivity contribution in [1.82, 2.24) is 14.3 Å². The third kappa shape index (κ3) is 2.40. The minimum atomic E-state index is -0.844. The number of carbonyl (C=O) groups is 1. The van der Waals surface area contributed by atoms with Crippen LogP contribution in [0, 0.1) is 0 Å². The Kier molecular flexibility index (Phi) is 3.55. The van der Waals surface area contributed by atoms with Gasteiger partial charge in [0.05, 0.1) is 5.03 Å². The Bertz CT molecular complexity index is 877. The Morgan fingerprint density at radius 2 is 2.04 bits per heavy atom. The van der Waals surface area contributed by atoms with Crippen molar-refractivity contribution >= 4 is 23.3 Å². The zero-order valence-corrected chi connectivity index (χ0v) is 13.1. The van der Waals surface area contributed by atoms with Crippen LogP contribution in [0.3, 0.4) is 0 Å². The molecular formula is C17H15N3O2S. The number of aliphatic hydroxyl groups excluding tert-OH is 1. The molecule has 23 heavy (non-hydrogen) atoms. The van der Waals surface area contributed by atoms with Crippen LogP contribution in [0.15, 0.2) is 59.9 Å². The fraction of sp³-hybridized carbons (Fsp3) is 0.176. The van der Waals surface area contributed by atoms with E-state index < -0.39 is 6.23 Å². The molecule has 116 valence electrons. The average Bonchev–Trinajstić information content (AvgIpc) is 3.15. The van der Waals surface area contributed by atoms with Crippen LogP contribution in [0.4, 0.5) is 0 Å². The molecule has 1 unspecified atom stereocenters. The van der Waals surface area contributed by atoms with Crippen molar-refractivity contribution in [3.8, 4) is 0 Å². The molecule has 3 heterocycles. The van der Waals surface area contributed by atoms with E-state index in [1.165, 1.54) is 4.90 Å². The Morgan fingerprint density at radius 1 is 1.17 bits per heavy atom. The van der Waals surface area contributed by atoms with Crippen molar-refractivity contribution in [2.45, 2.75) is 11.3 Å². The summed E-state index contributed by atoms with van der Waals surface area (Å²) >= 11 is 1.64. The van der Waals surface area contributed by atoms with E-state index in [0.717, 1.165) is 10.7 Å². The summed E-state index contributed by atoms with van der Waals surface area (Å²) in [6.45, 7) is 0.491. The number of imidazole rings is 1. The van der Waals surface area contributed by atoms with Crippen LogP contribution in [0.2, 0.25) is 0 Å². The first-order valence-corrected chi connectivity index (χ1v) is 8.37. The average molecular weight is 325 g/mol. The molecule has 1 aromatic carbocycles. The van der Waals surface area contributed by atoms with Gasteiger partial charge in [-0.15, -0.1) is 11.8 Å². The van der Waals surface area contributed by atoms with E-state index >= 15 is 0 Å². The number of hydrogen-bond donors (Lipinski definition) is 1. The number of carbonyl (C=O) groups excluding carboxylic acids is 1. The highest BCUT2D eigenvalue weighted by atomic mass is 32.2. The largest absolute Gasteiger partial charge is 0.369 e. The van der Waals surface area contributed by atoms with Crippen LogP contribution in [0.5, 0.6) is 0 Å². The molecule has 1 aliphatic rings. The summed E-state index contributed by atoms with van der Waals surface area (Å²) in [6, 6.07) is 13.2. The van der Waals surface area contributed by atoms with Crippen molar-refractivity contribution in [3.05, 3.63) is 66.0 Å². The molecule has 4 rings (SSSR count). The van der Waals surface area contributed by atoms with E-state index in [1.54, 1.807) is 30.1 Å². The van der Waals surface area contributed by atoms with E-state index in [2.05, 4.69) is 4.98 Å². The molecule has 0 fully saturated rings. The summed E-state index contributed by atoms with van der Waals surface area (Å²) in [4.78, 5) is 18.1. The highest BCUT2D eigenvalue weighted by molar-refractivity contribution is 7.99.